The average molecular weight is 342 g/mol. The van der Waals surface area contributed by atoms with Crippen LogP contribution in [-0.2, 0) is 11.3 Å². The molecule has 0 atom stereocenters. The number of hydrogen-bond acceptors (Lipinski definition) is 7. The van der Waals surface area contributed by atoms with Crippen LogP contribution in [0.3, 0.4) is 0 Å². The van der Waals surface area contributed by atoms with Gasteiger partial charge >= 0.3 is 0 Å². The van der Waals surface area contributed by atoms with Crippen LogP contribution in [0, 0.1) is 6.92 Å². The summed E-state index contributed by atoms with van der Waals surface area (Å²) in [6, 6.07) is 1.86. The molecule has 3 aromatic rings. The number of aryl methyl sites for hydroxylation is 1. The Labute approximate surface area is 143 Å². The Morgan fingerprint density at radius 1 is 1.38 bits per heavy atom. The SMILES string of the molecule is Cc1ccnc(Nc2nc(-c3cn[nH]c3COC3CCC3)cs2)n1. The molecule has 0 aliphatic heterocycles. The van der Waals surface area contributed by atoms with Crippen LogP contribution in [-0.4, -0.2) is 31.3 Å². The van der Waals surface area contributed by atoms with Crippen molar-refractivity contribution >= 4 is 22.4 Å². The first kappa shape index (κ1) is 15.2. The quantitative estimate of drug-likeness (QED) is 0.713. The minimum Gasteiger partial charge on any atom is -0.372 e. The van der Waals surface area contributed by atoms with Gasteiger partial charge in [0.25, 0.3) is 0 Å². The van der Waals surface area contributed by atoms with Crippen molar-refractivity contribution in [3.05, 3.63) is 35.2 Å². The summed E-state index contributed by atoms with van der Waals surface area (Å²) in [4.78, 5) is 13.1. The van der Waals surface area contributed by atoms with E-state index in [1.165, 1.54) is 17.8 Å². The molecule has 0 radical (unpaired) electrons. The van der Waals surface area contributed by atoms with Gasteiger partial charge in [0.1, 0.15) is 0 Å². The van der Waals surface area contributed by atoms with Crippen LogP contribution in [0.2, 0.25) is 0 Å². The van der Waals surface area contributed by atoms with Gasteiger partial charge < -0.3 is 10.1 Å². The Hall–Kier alpha value is -2.32. The first-order valence-electron chi connectivity index (χ1n) is 7.94. The molecule has 3 aromatic heterocycles. The molecular weight excluding hydrogens is 324 g/mol. The highest BCUT2D eigenvalue weighted by atomic mass is 32.1. The molecule has 8 heteroatoms. The van der Waals surface area contributed by atoms with Crippen LogP contribution >= 0.6 is 11.3 Å². The zero-order valence-corrected chi connectivity index (χ0v) is 14.1. The van der Waals surface area contributed by atoms with Crippen LogP contribution in [0.25, 0.3) is 11.3 Å². The van der Waals surface area contributed by atoms with Crippen molar-refractivity contribution in [3.8, 4) is 11.3 Å². The van der Waals surface area contributed by atoms with E-state index in [0.29, 0.717) is 18.7 Å². The van der Waals surface area contributed by atoms with Gasteiger partial charge in [-0.25, -0.2) is 15.0 Å². The van der Waals surface area contributed by atoms with E-state index in [1.54, 1.807) is 12.4 Å². The number of aromatic nitrogens is 5. The van der Waals surface area contributed by atoms with Gasteiger partial charge in [-0.2, -0.15) is 5.10 Å². The van der Waals surface area contributed by atoms with Crippen molar-refractivity contribution < 1.29 is 4.74 Å². The smallest absolute Gasteiger partial charge is 0.229 e. The van der Waals surface area contributed by atoms with Crippen LogP contribution in [0.1, 0.15) is 30.7 Å². The van der Waals surface area contributed by atoms with Crippen LogP contribution < -0.4 is 5.32 Å². The van der Waals surface area contributed by atoms with E-state index in [-0.39, 0.29) is 0 Å². The van der Waals surface area contributed by atoms with Crippen molar-refractivity contribution in [1.82, 2.24) is 25.1 Å². The highest BCUT2D eigenvalue weighted by Crippen LogP contribution is 2.29. The molecule has 1 saturated carbocycles. The topological polar surface area (TPSA) is 88.6 Å². The third-order valence-corrected chi connectivity index (χ3v) is 4.79. The third-order valence-electron chi connectivity index (χ3n) is 4.03. The molecule has 0 saturated heterocycles. The Morgan fingerprint density at radius 3 is 3.08 bits per heavy atom. The first-order valence-corrected chi connectivity index (χ1v) is 8.82. The molecule has 4 rings (SSSR count). The number of aromatic amines is 1. The van der Waals surface area contributed by atoms with Gasteiger partial charge in [0.05, 0.1) is 30.3 Å². The molecule has 0 bridgehead atoms. The molecule has 0 amide bonds. The van der Waals surface area contributed by atoms with Gasteiger partial charge in [-0.15, -0.1) is 11.3 Å². The molecule has 2 N–H and O–H groups in total. The molecule has 3 heterocycles. The summed E-state index contributed by atoms with van der Waals surface area (Å²) in [6.45, 7) is 2.47. The van der Waals surface area contributed by atoms with Gasteiger partial charge in [-0.05, 0) is 32.3 Å². The monoisotopic (exact) mass is 342 g/mol. The number of ether oxygens (including phenoxy) is 1. The lowest BCUT2D eigenvalue weighted by atomic mass is 9.96. The third kappa shape index (κ3) is 3.29. The Morgan fingerprint density at radius 2 is 2.29 bits per heavy atom. The second-order valence-corrected chi connectivity index (χ2v) is 6.67. The number of nitrogens with one attached hydrogen (secondary N) is 2. The summed E-state index contributed by atoms with van der Waals surface area (Å²) in [5.41, 5.74) is 3.72. The summed E-state index contributed by atoms with van der Waals surface area (Å²) in [6.07, 6.45) is 7.50. The second-order valence-electron chi connectivity index (χ2n) is 5.81. The molecule has 24 heavy (non-hydrogen) atoms. The van der Waals surface area contributed by atoms with Gasteiger partial charge in [0.2, 0.25) is 5.95 Å². The van der Waals surface area contributed by atoms with Crippen LogP contribution in [0.4, 0.5) is 11.1 Å². The van der Waals surface area contributed by atoms with Crippen molar-refractivity contribution in [2.24, 2.45) is 0 Å². The maximum atomic E-state index is 5.87. The Kier molecular flexibility index (Phi) is 4.22. The molecule has 0 spiro atoms. The standard InChI is InChI=1S/C16H18N6OS/c1-10-5-6-17-15(19-10)21-16-20-14(9-24-16)12-7-18-22-13(12)8-23-11-3-2-4-11/h5-7,9,11H,2-4,8H2,1H3,(H,18,22)(H,17,19,20,21). The Bertz CT molecular complexity index is 825. The number of H-pyrrole nitrogens is 1. The zero-order chi connectivity index (χ0) is 16.4. The second kappa shape index (κ2) is 6.66. The van der Waals surface area contributed by atoms with Crippen molar-refractivity contribution in [1.29, 1.82) is 0 Å². The first-order chi connectivity index (χ1) is 11.8. The molecule has 1 aliphatic rings. The molecule has 7 nitrogen and oxygen atoms in total. The molecular formula is C16H18N6OS. The van der Waals surface area contributed by atoms with E-state index in [9.17, 15) is 0 Å². The van der Waals surface area contributed by atoms with Gasteiger partial charge in [0, 0.05) is 22.8 Å². The van der Waals surface area contributed by atoms with Crippen LogP contribution in [0.15, 0.2) is 23.8 Å². The molecule has 124 valence electrons. The Balaban J connectivity index is 1.47. The molecule has 0 aromatic carbocycles. The van der Waals surface area contributed by atoms with E-state index in [1.807, 2.05) is 18.4 Å². The lowest BCUT2D eigenvalue weighted by Gasteiger charge is -2.25. The van der Waals surface area contributed by atoms with Gasteiger partial charge in [-0.3, -0.25) is 5.10 Å². The fourth-order valence-corrected chi connectivity index (χ4v) is 3.15. The maximum Gasteiger partial charge on any atom is 0.229 e. The summed E-state index contributed by atoms with van der Waals surface area (Å²) in [7, 11) is 0. The molecule has 1 fully saturated rings. The van der Waals surface area contributed by atoms with E-state index >= 15 is 0 Å². The summed E-state index contributed by atoms with van der Waals surface area (Å²) >= 11 is 1.51. The molecule has 0 unspecified atom stereocenters. The van der Waals surface area contributed by atoms with E-state index < -0.39 is 0 Å². The fourth-order valence-electron chi connectivity index (χ4n) is 2.44. The minimum atomic E-state index is 0.396. The van der Waals surface area contributed by atoms with Crippen molar-refractivity contribution in [3.63, 3.8) is 0 Å². The normalized spacial score (nSPS) is 14.5. The van der Waals surface area contributed by atoms with E-state index in [4.69, 9.17) is 4.74 Å². The summed E-state index contributed by atoms with van der Waals surface area (Å²) < 4.78 is 5.87. The highest BCUT2D eigenvalue weighted by molar-refractivity contribution is 7.14. The lowest BCUT2D eigenvalue weighted by Crippen LogP contribution is -2.21. The van der Waals surface area contributed by atoms with Crippen LogP contribution in [0.5, 0.6) is 0 Å². The zero-order valence-electron chi connectivity index (χ0n) is 13.3. The number of nitrogens with zero attached hydrogens (tertiary/aromatic N) is 4. The maximum absolute atomic E-state index is 5.87. The number of thiazole rings is 1. The number of anilines is 2. The number of rotatable bonds is 6. The van der Waals surface area contributed by atoms with Crippen molar-refractivity contribution in [2.45, 2.75) is 38.9 Å². The van der Waals surface area contributed by atoms with E-state index in [0.717, 1.165) is 40.6 Å². The minimum absolute atomic E-state index is 0.396. The average Bonchev–Trinajstić information content (AvgIpc) is 3.14. The predicted octanol–water partition coefficient (Wildman–Crippen LogP) is 3.44. The molecule has 1 aliphatic carbocycles. The van der Waals surface area contributed by atoms with E-state index in [2.05, 4.69) is 30.5 Å². The largest absolute Gasteiger partial charge is 0.372 e. The van der Waals surface area contributed by atoms with Gasteiger partial charge in [-0.1, -0.05) is 0 Å². The lowest BCUT2D eigenvalue weighted by molar-refractivity contribution is -0.00991. The summed E-state index contributed by atoms with van der Waals surface area (Å²) in [5, 5.41) is 13.0. The van der Waals surface area contributed by atoms with Crippen molar-refractivity contribution in [2.75, 3.05) is 5.32 Å². The number of hydrogen-bond donors (Lipinski definition) is 2. The van der Waals surface area contributed by atoms with Gasteiger partial charge in [0.15, 0.2) is 5.13 Å². The predicted molar refractivity (Wildman–Crippen MR) is 92.2 cm³/mol. The summed E-state index contributed by atoms with van der Waals surface area (Å²) in [5.74, 6) is 0.552. The highest BCUT2D eigenvalue weighted by Gasteiger charge is 2.19. The fraction of sp³-hybridized carbons (Fsp3) is 0.375.